The Morgan fingerprint density at radius 3 is 3.07 bits per heavy atom. The number of rotatable bonds is 6. The predicted octanol–water partition coefficient (Wildman–Crippen LogP) is 1.84. The quantitative estimate of drug-likeness (QED) is 0.751. The number of carbonyl (C=O) groups is 1. The Labute approximate surface area is 101 Å². The van der Waals surface area contributed by atoms with Crippen molar-refractivity contribution in [2.45, 2.75) is 6.54 Å². The summed E-state index contributed by atoms with van der Waals surface area (Å²) >= 11 is 4.83. The largest absolute Gasteiger partial charge is 0.383 e. The molecule has 0 fully saturated rings. The van der Waals surface area contributed by atoms with Crippen LogP contribution in [0.2, 0.25) is 0 Å². The van der Waals surface area contributed by atoms with Crippen molar-refractivity contribution in [1.82, 2.24) is 9.78 Å². The average Bonchev–Trinajstić information content (AvgIpc) is 2.57. The van der Waals surface area contributed by atoms with Gasteiger partial charge >= 0.3 is 0 Å². The Bertz CT molecular complexity index is 341. The Balaban J connectivity index is 2.83. The van der Waals surface area contributed by atoms with Crippen molar-refractivity contribution >= 4 is 33.5 Å². The molecule has 1 rings (SSSR count). The van der Waals surface area contributed by atoms with E-state index in [9.17, 15) is 4.79 Å². The van der Waals surface area contributed by atoms with Gasteiger partial charge in [-0.05, 0) is 22.2 Å². The van der Waals surface area contributed by atoms with Crippen LogP contribution in [-0.4, -0.2) is 41.3 Å². The molecule has 0 bridgehead atoms. The maximum Gasteiger partial charge on any atom is 0.191 e. The van der Waals surface area contributed by atoms with E-state index in [0.29, 0.717) is 24.6 Å². The Hall–Kier alpha value is -0.330. The monoisotopic (exact) mass is 292 g/mol. The lowest BCUT2D eigenvalue weighted by atomic mass is 10.3. The first kappa shape index (κ1) is 12.7. The van der Waals surface area contributed by atoms with Crippen LogP contribution in [0.15, 0.2) is 10.7 Å². The number of aromatic nitrogens is 2. The fourth-order valence-corrected chi connectivity index (χ4v) is 2.10. The number of hydrogen-bond acceptors (Lipinski definition) is 4. The molecule has 0 saturated heterocycles. The number of methoxy groups -OCH3 is 1. The molecule has 0 aliphatic heterocycles. The fraction of sp³-hybridized carbons (Fsp3) is 0.556. The molecule has 0 N–H and O–H groups in total. The third kappa shape index (κ3) is 3.32. The molecule has 0 saturated carbocycles. The van der Waals surface area contributed by atoms with E-state index in [1.54, 1.807) is 18.0 Å². The van der Waals surface area contributed by atoms with E-state index in [2.05, 4.69) is 21.0 Å². The first-order valence-electron chi connectivity index (χ1n) is 4.43. The lowest BCUT2D eigenvalue weighted by Gasteiger charge is -2.05. The van der Waals surface area contributed by atoms with Gasteiger partial charge in [-0.1, -0.05) is 0 Å². The summed E-state index contributed by atoms with van der Waals surface area (Å²) in [6, 6.07) is 0. The van der Waals surface area contributed by atoms with Crippen LogP contribution in [0.1, 0.15) is 10.5 Å². The molecule has 1 heterocycles. The number of ether oxygens (including phenoxy) is 1. The van der Waals surface area contributed by atoms with Gasteiger partial charge in [0.1, 0.15) is 5.69 Å². The SMILES string of the molecule is COCCn1ncc(Br)c1C(=O)CSC. The molecule has 84 valence electrons. The Kier molecular flexibility index (Phi) is 5.35. The molecule has 1 aromatic rings. The van der Waals surface area contributed by atoms with Gasteiger partial charge in [-0.15, -0.1) is 0 Å². The zero-order valence-corrected chi connectivity index (χ0v) is 11.1. The van der Waals surface area contributed by atoms with Gasteiger partial charge in [-0.2, -0.15) is 16.9 Å². The zero-order valence-electron chi connectivity index (χ0n) is 8.70. The summed E-state index contributed by atoms with van der Waals surface area (Å²) in [5.41, 5.74) is 0.626. The first-order chi connectivity index (χ1) is 7.20. The topological polar surface area (TPSA) is 44.1 Å². The Morgan fingerprint density at radius 2 is 2.47 bits per heavy atom. The number of halogens is 1. The first-order valence-corrected chi connectivity index (χ1v) is 6.61. The molecule has 4 nitrogen and oxygen atoms in total. The van der Waals surface area contributed by atoms with Crippen molar-refractivity contribution in [1.29, 1.82) is 0 Å². The number of hydrogen-bond donors (Lipinski definition) is 0. The van der Waals surface area contributed by atoms with E-state index < -0.39 is 0 Å². The van der Waals surface area contributed by atoms with E-state index in [1.807, 2.05) is 6.26 Å². The van der Waals surface area contributed by atoms with E-state index >= 15 is 0 Å². The Morgan fingerprint density at radius 1 is 1.73 bits per heavy atom. The fourth-order valence-electron chi connectivity index (χ4n) is 1.19. The van der Waals surface area contributed by atoms with Crippen molar-refractivity contribution in [3.8, 4) is 0 Å². The standard InChI is InChI=1S/C9H13BrN2O2S/c1-14-4-3-12-9(7(10)5-11-12)8(13)6-15-2/h5H,3-4,6H2,1-2H3. The second-order valence-electron chi connectivity index (χ2n) is 2.91. The van der Waals surface area contributed by atoms with Gasteiger partial charge in [-0.25, -0.2) is 0 Å². The summed E-state index contributed by atoms with van der Waals surface area (Å²) in [6.07, 6.45) is 3.55. The summed E-state index contributed by atoms with van der Waals surface area (Å²) in [5.74, 6) is 0.556. The lowest BCUT2D eigenvalue weighted by molar-refractivity contribution is 0.100. The highest BCUT2D eigenvalue weighted by atomic mass is 79.9. The van der Waals surface area contributed by atoms with Gasteiger partial charge in [0.05, 0.1) is 29.6 Å². The molecule has 0 unspecified atom stereocenters. The van der Waals surface area contributed by atoms with Crippen LogP contribution in [0.4, 0.5) is 0 Å². The van der Waals surface area contributed by atoms with Crippen LogP contribution >= 0.6 is 27.7 Å². The molecule has 1 aromatic heterocycles. The molecule has 0 radical (unpaired) electrons. The van der Waals surface area contributed by atoms with Crippen LogP contribution in [0.3, 0.4) is 0 Å². The van der Waals surface area contributed by atoms with Crippen molar-refractivity contribution in [3.63, 3.8) is 0 Å². The normalized spacial score (nSPS) is 10.6. The second-order valence-corrected chi connectivity index (χ2v) is 4.63. The summed E-state index contributed by atoms with van der Waals surface area (Å²) in [5, 5.41) is 4.12. The minimum absolute atomic E-state index is 0.0861. The van der Waals surface area contributed by atoms with Crippen LogP contribution in [0, 0.1) is 0 Å². The highest BCUT2D eigenvalue weighted by Gasteiger charge is 2.16. The van der Waals surface area contributed by atoms with Crippen LogP contribution < -0.4 is 0 Å². The van der Waals surface area contributed by atoms with E-state index in [1.165, 1.54) is 11.8 Å². The molecule has 0 aliphatic carbocycles. The van der Waals surface area contributed by atoms with Crippen molar-refractivity contribution in [2.24, 2.45) is 0 Å². The summed E-state index contributed by atoms with van der Waals surface area (Å²) in [7, 11) is 1.63. The predicted molar refractivity (Wildman–Crippen MR) is 64.5 cm³/mol. The van der Waals surface area contributed by atoms with Gasteiger partial charge in [-0.3, -0.25) is 9.48 Å². The zero-order chi connectivity index (χ0) is 11.3. The summed E-state index contributed by atoms with van der Waals surface area (Å²) < 4.78 is 7.38. The van der Waals surface area contributed by atoms with Crippen LogP contribution in [-0.2, 0) is 11.3 Å². The highest BCUT2D eigenvalue weighted by Crippen LogP contribution is 2.17. The number of ketones is 1. The number of Topliss-reactive ketones (excluding diaryl/α,β-unsaturated/α-hetero) is 1. The van der Waals surface area contributed by atoms with Gasteiger partial charge in [0.25, 0.3) is 0 Å². The minimum atomic E-state index is 0.0861. The summed E-state index contributed by atoms with van der Waals surface area (Å²) in [4.78, 5) is 11.8. The molecule has 6 heteroatoms. The van der Waals surface area contributed by atoms with Gasteiger partial charge < -0.3 is 4.74 Å². The molecule has 0 atom stereocenters. The molecule has 15 heavy (non-hydrogen) atoms. The third-order valence-electron chi connectivity index (χ3n) is 1.84. The van der Waals surface area contributed by atoms with Crippen LogP contribution in [0.5, 0.6) is 0 Å². The minimum Gasteiger partial charge on any atom is -0.383 e. The van der Waals surface area contributed by atoms with E-state index in [-0.39, 0.29) is 5.78 Å². The molecule has 0 aromatic carbocycles. The maximum atomic E-state index is 11.8. The second kappa shape index (κ2) is 6.30. The maximum absolute atomic E-state index is 11.8. The lowest BCUT2D eigenvalue weighted by Crippen LogP contribution is -2.15. The summed E-state index contributed by atoms with van der Waals surface area (Å²) in [6.45, 7) is 1.14. The van der Waals surface area contributed by atoms with E-state index in [0.717, 1.165) is 4.47 Å². The molecule has 0 aliphatic rings. The number of nitrogens with zero attached hydrogens (tertiary/aromatic N) is 2. The van der Waals surface area contributed by atoms with E-state index in [4.69, 9.17) is 4.74 Å². The van der Waals surface area contributed by atoms with Crippen LogP contribution in [0.25, 0.3) is 0 Å². The number of thioether (sulfide) groups is 1. The smallest absolute Gasteiger partial charge is 0.191 e. The average molecular weight is 293 g/mol. The van der Waals surface area contributed by atoms with Gasteiger partial charge in [0, 0.05) is 7.11 Å². The number of carbonyl (C=O) groups excluding carboxylic acids is 1. The van der Waals surface area contributed by atoms with Gasteiger partial charge in [0.2, 0.25) is 0 Å². The van der Waals surface area contributed by atoms with Crippen molar-refractivity contribution in [2.75, 3.05) is 25.7 Å². The van der Waals surface area contributed by atoms with Crippen molar-refractivity contribution in [3.05, 3.63) is 16.4 Å². The molecule has 0 spiro atoms. The highest BCUT2D eigenvalue weighted by molar-refractivity contribution is 9.10. The molecule has 0 amide bonds. The molecular weight excluding hydrogens is 280 g/mol. The third-order valence-corrected chi connectivity index (χ3v) is 2.97. The molecular formula is C9H13BrN2O2S. The van der Waals surface area contributed by atoms with Crippen molar-refractivity contribution < 1.29 is 9.53 Å². The van der Waals surface area contributed by atoms with Gasteiger partial charge in [0.15, 0.2) is 5.78 Å².